The molecule has 1 N–H and O–H groups in total. The number of likely N-dealkylation sites (N-methyl/N-ethyl adjacent to an activating group) is 1. The van der Waals surface area contributed by atoms with E-state index in [4.69, 9.17) is 34.3 Å². The van der Waals surface area contributed by atoms with Gasteiger partial charge in [0.1, 0.15) is 31.4 Å². The van der Waals surface area contributed by atoms with Crippen LogP contribution in [0.3, 0.4) is 0 Å². The minimum atomic E-state index is -1.45. The maximum atomic E-state index is 14.3. The van der Waals surface area contributed by atoms with Crippen LogP contribution in [0.1, 0.15) is 58.3 Å². The lowest BCUT2D eigenvalue weighted by molar-refractivity contribution is -0.130. The third kappa shape index (κ3) is 9.02. The summed E-state index contributed by atoms with van der Waals surface area (Å²) >= 11 is 0. The fraction of sp³-hybridized carbons (Fsp3) is 0.364. The molecule has 0 radical (unpaired) electrons. The number of hydrogen-bond donors (Lipinski definition) is 1. The largest absolute Gasteiger partial charge is 0.506 e. The van der Waals surface area contributed by atoms with Crippen molar-refractivity contribution >= 4 is 45.2 Å². The summed E-state index contributed by atoms with van der Waals surface area (Å²) in [6, 6.07) is 22.9. The number of pyridine rings is 2. The van der Waals surface area contributed by atoms with E-state index in [9.17, 15) is 19.6 Å². The van der Waals surface area contributed by atoms with Gasteiger partial charge < -0.3 is 43.5 Å². The van der Waals surface area contributed by atoms with Gasteiger partial charge in [-0.3, -0.25) is 9.59 Å². The van der Waals surface area contributed by atoms with E-state index in [1.165, 1.54) is 22.0 Å². The minimum absolute atomic E-state index is 0.0866. The molecule has 1 amide bonds. The highest BCUT2D eigenvalue weighted by Gasteiger charge is 2.36. The first-order chi connectivity index (χ1) is 34.4. The first kappa shape index (κ1) is 46.9. The van der Waals surface area contributed by atoms with Gasteiger partial charge in [0.25, 0.3) is 11.5 Å². The number of hydrogen-bond acceptors (Lipinski definition) is 13. The van der Waals surface area contributed by atoms with E-state index in [1.54, 1.807) is 22.5 Å². The van der Waals surface area contributed by atoms with E-state index in [1.807, 2.05) is 24.3 Å². The van der Waals surface area contributed by atoms with Crippen molar-refractivity contribution in [2.45, 2.75) is 77.7 Å². The molecule has 3 aromatic carbocycles. The number of rotatable bonds is 14. The van der Waals surface area contributed by atoms with Gasteiger partial charge in [-0.25, -0.2) is 9.78 Å². The summed E-state index contributed by atoms with van der Waals surface area (Å²) in [5.41, 5.74) is 8.87. The quantitative estimate of drug-likeness (QED) is 0.0643. The van der Waals surface area contributed by atoms with Gasteiger partial charge in [-0.05, 0) is 100.0 Å². The summed E-state index contributed by atoms with van der Waals surface area (Å²) in [7, 11) is 2.13. The standard InChI is InChI=1S/C55H57N9O7/c1-6-10-40-42-26-37-27-64-47(25-34(3)43(53(64)66)32-71-55(67)68)50(37)57-44(42)16-17-48(40)69-30-35(4)52(65)63-24-23-62(28-38(63)18-20-56)51-41-19-22-61(46-15-8-13-36-12-7-11-33(2)49(36)46)29-45(41)58-54(59-51)70-31-39-14-9-21-60(39)5/h6-8,11-13,15-17,25-26,38-39H,1,4,9-10,14,18-19,21-24,27-32H2,2-3,5H3,(H,67,68)/t38-,39?/m0/s1. The highest BCUT2D eigenvalue weighted by atomic mass is 16.7. The van der Waals surface area contributed by atoms with Crippen LogP contribution < -0.4 is 24.8 Å². The van der Waals surface area contributed by atoms with Crippen LogP contribution in [0.5, 0.6) is 11.8 Å². The van der Waals surface area contributed by atoms with Gasteiger partial charge in [0.15, 0.2) is 0 Å². The Morgan fingerprint density at radius 2 is 1.77 bits per heavy atom. The average Bonchev–Trinajstić information content (AvgIpc) is 3.95. The van der Waals surface area contributed by atoms with Crippen LogP contribution >= 0.6 is 0 Å². The van der Waals surface area contributed by atoms with Crippen LogP contribution in [0.25, 0.3) is 33.1 Å². The number of benzene rings is 3. The highest BCUT2D eigenvalue weighted by Crippen LogP contribution is 2.38. The van der Waals surface area contributed by atoms with Crippen LogP contribution in [0.2, 0.25) is 0 Å². The predicted octanol–water partition coefficient (Wildman–Crippen LogP) is 7.51. The van der Waals surface area contributed by atoms with E-state index in [2.05, 4.69) is 84.3 Å². The van der Waals surface area contributed by atoms with E-state index in [0.717, 1.165) is 65.9 Å². The molecule has 0 saturated carbocycles. The number of piperazine rings is 1. The third-order valence-corrected chi connectivity index (χ3v) is 14.6. The predicted molar refractivity (Wildman–Crippen MR) is 271 cm³/mol. The summed E-state index contributed by atoms with van der Waals surface area (Å²) < 4.78 is 19.2. The maximum absolute atomic E-state index is 14.3. The molecule has 10 rings (SSSR count). The second-order valence-electron chi connectivity index (χ2n) is 19.1. The van der Waals surface area contributed by atoms with Crippen molar-refractivity contribution in [1.82, 2.24) is 29.3 Å². The number of aromatic nitrogens is 4. The normalized spacial score (nSPS) is 17.4. The summed E-state index contributed by atoms with van der Waals surface area (Å²) in [6.45, 7) is 16.0. The molecule has 0 aliphatic carbocycles. The van der Waals surface area contributed by atoms with Crippen LogP contribution in [0, 0.1) is 25.2 Å². The summed E-state index contributed by atoms with van der Waals surface area (Å²) in [5, 5.41) is 22.4. The molecule has 16 heteroatoms. The van der Waals surface area contributed by atoms with Gasteiger partial charge in [0.05, 0.1) is 59.8 Å². The number of carbonyl (C=O) groups excluding carboxylic acids is 1. The summed E-state index contributed by atoms with van der Waals surface area (Å²) in [6.07, 6.45) is 3.79. The van der Waals surface area contributed by atoms with Crippen molar-refractivity contribution in [2.24, 2.45) is 0 Å². The number of amides is 1. The van der Waals surface area contributed by atoms with Crippen molar-refractivity contribution in [1.29, 1.82) is 5.26 Å². The number of nitrogens with zero attached hydrogens (tertiary/aromatic N) is 9. The number of nitriles is 1. The van der Waals surface area contributed by atoms with Crippen LogP contribution in [0.15, 0.2) is 90.3 Å². The second kappa shape index (κ2) is 19.6. The maximum Gasteiger partial charge on any atom is 0.506 e. The van der Waals surface area contributed by atoms with Gasteiger partial charge in [-0.2, -0.15) is 15.2 Å². The van der Waals surface area contributed by atoms with Crippen molar-refractivity contribution in [2.75, 3.05) is 62.8 Å². The van der Waals surface area contributed by atoms with Crippen molar-refractivity contribution in [3.63, 3.8) is 0 Å². The zero-order chi connectivity index (χ0) is 49.5. The molecule has 71 heavy (non-hydrogen) atoms. The number of likely N-dealkylation sites (tertiary alicyclic amines) is 1. The molecule has 2 fully saturated rings. The topological polar surface area (TPSA) is 179 Å². The van der Waals surface area contributed by atoms with Gasteiger partial charge >= 0.3 is 12.2 Å². The lowest BCUT2D eigenvalue weighted by Crippen LogP contribution is -2.56. The molecular formula is C55H57N9O7. The molecule has 4 aliphatic heterocycles. The Bertz CT molecular complexity index is 3250. The fourth-order valence-electron chi connectivity index (χ4n) is 10.9. The number of ether oxygens (including phenoxy) is 3. The Morgan fingerprint density at radius 1 is 0.944 bits per heavy atom. The van der Waals surface area contributed by atoms with Crippen LogP contribution in [-0.2, 0) is 42.1 Å². The molecule has 16 nitrogen and oxygen atoms in total. The molecule has 2 atom stereocenters. The number of fused-ring (bicyclic) bond motifs is 6. The van der Waals surface area contributed by atoms with Crippen molar-refractivity contribution < 1.29 is 28.9 Å². The van der Waals surface area contributed by atoms with E-state index in [0.29, 0.717) is 73.4 Å². The number of aryl methyl sites for hydroxylation is 2. The number of anilines is 2. The van der Waals surface area contributed by atoms with Crippen molar-refractivity contribution in [3.05, 3.63) is 135 Å². The number of carbonyl (C=O) groups is 2. The molecule has 7 heterocycles. The zero-order valence-corrected chi connectivity index (χ0v) is 40.4. The second-order valence-corrected chi connectivity index (χ2v) is 19.1. The van der Waals surface area contributed by atoms with E-state index in [-0.39, 0.29) is 54.8 Å². The SMILES string of the molecule is C=CCc1c(OCC(=C)C(=O)N2CCN(c3nc(OCC4CCCN4C)nc4c3CCN(c3cccc5cccc(C)c35)C4)C[C@@H]2CC#N)ccc2nc3c(cc12)Cn1c-3cc(C)c(COC(=O)O)c1=O. The first-order valence-electron chi connectivity index (χ1n) is 24.3. The number of allylic oxidation sites excluding steroid dienone is 1. The molecule has 2 saturated heterocycles. The molecule has 3 aromatic heterocycles. The van der Waals surface area contributed by atoms with Gasteiger partial charge in [-0.15, -0.1) is 6.58 Å². The van der Waals surface area contributed by atoms with Gasteiger partial charge in [0, 0.05) is 70.9 Å². The van der Waals surface area contributed by atoms with Gasteiger partial charge in [-0.1, -0.05) is 43.0 Å². The molecule has 364 valence electrons. The molecule has 4 aliphatic rings. The average molecular weight is 956 g/mol. The van der Waals surface area contributed by atoms with Crippen LogP contribution in [0.4, 0.5) is 16.3 Å². The minimum Gasteiger partial charge on any atom is -0.488 e. The Kier molecular flexibility index (Phi) is 12.9. The molecule has 0 spiro atoms. The fourth-order valence-corrected chi connectivity index (χ4v) is 10.9. The van der Waals surface area contributed by atoms with Gasteiger partial charge in [0.2, 0.25) is 0 Å². The Morgan fingerprint density at radius 3 is 2.55 bits per heavy atom. The lowest BCUT2D eigenvalue weighted by Gasteiger charge is -2.42. The first-order valence-corrected chi connectivity index (χ1v) is 24.3. The van der Waals surface area contributed by atoms with E-state index < -0.39 is 12.2 Å². The van der Waals surface area contributed by atoms with Crippen molar-refractivity contribution in [3.8, 4) is 29.2 Å². The molecule has 0 bridgehead atoms. The lowest BCUT2D eigenvalue weighted by atomic mass is 9.99. The zero-order valence-electron chi connectivity index (χ0n) is 40.4. The smallest absolute Gasteiger partial charge is 0.488 e. The number of carboxylic acid groups (broad SMARTS) is 1. The summed E-state index contributed by atoms with van der Waals surface area (Å²) in [4.78, 5) is 62.8. The summed E-state index contributed by atoms with van der Waals surface area (Å²) in [5.74, 6) is 1.06. The monoisotopic (exact) mass is 955 g/mol. The van der Waals surface area contributed by atoms with E-state index >= 15 is 0 Å². The van der Waals surface area contributed by atoms with Crippen LogP contribution in [-0.4, -0.2) is 112 Å². The Balaban J connectivity index is 0.867. The Hall–Kier alpha value is -7.77. The molecule has 1 unspecified atom stereocenters. The Labute approximate surface area is 412 Å². The highest BCUT2D eigenvalue weighted by molar-refractivity contribution is 5.97. The third-order valence-electron chi connectivity index (χ3n) is 14.6. The molecular weight excluding hydrogens is 899 g/mol. The molecule has 6 aromatic rings.